The van der Waals surface area contributed by atoms with Crippen molar-refractivity contribution in [1.82, 2.24) is 0 Å². The Morgan fingerprint density at radius 3 is 2.39 bits per heavy atom. The minimum Gasteiger partial charge on any atom is -0.480 e. The standard InChI is InChI=1S/C13H17NO3S/c1-8-5-4-6-9(2)12(8)14-11(15)7-18-10(3)13(16)17/h4-6,10H,7H2,1-3H3,(H,14,15)(H,16,17). The highest BCUT2D eigenvalue weighted by Gasteiger charge is 2.14. The van der Waals surface area contributed by atoms with Gasteiger partial charge in [-0.15, -0.1) is 11.8 Å². The smallest absolute Gasteiger partial charge is 0.316 e. The van der Waals surface area contributed by atoms with E-state index in [0.29, 0.717) is 0 Å². The van der Waals surface area contributed by atoms with E-state index in [1.165, 1.54) is 0 Å². The first-order valence-electron chi connectivity index (χ1n) is 5.62. The molecule has 1 atom stereocenters. The number of nitrogens with one attached hydrogen (secondary N) is 1. The summed E-state index contributed by atoms with van der Waals surface area (Å²) in [7, 11) is 0. The molecule has 1 unspecified atom stereocenters. The molecule has 0 fully saturated rings. The van der Waals surface area contributed by atoms with Crippen LogP contribution in [0.2, 0.25) is 0 Å². The molecule has 0 aliphatic rings. The Morgan fingerprint density at radius 1 is 1.33 bits per heavy atom. The highest BCUT2D eigenvalue weighted by Crippen LogP contribution is 2.20. The molecule has 0 bridgehead atoms. The molecule has 0 aliphatic carbocycles. The molecular weight excluding hydrogens is 250 g/mol. The Balaban J connectivity index is 2.58. The van der Waals surface area contributed by atoms with E-state index >= 15 is 0 Å². The fraction of sp³-hybridized carbons (Fsp3) is 0.385. The monoisotopic (exact) mass is 267 g/mol. The van der Waals surface area contributed by atoms with Gasteiger partial charge in [0.1, 0.15) is 0 Å². The van der Waals surface area contributed by atoms with Crippen LogP contribution in [0, 0.1) is 13.8 Å². The Bertz CT molecular complexity index is 439. The fourth-order valence-corrected chi connectivity index (χ4v) is 2.08. The summed E-state index contributed by atoms with van der Waals surface area (Å²) in [6.45, 7) is 5.42. The molecule has 1 aromatic rings. The van der Waals surface area contributed by atoms with Crippen LogP contribution in [0.4, 0.5) is 5.69 Å². The number of hydrogen-bond donors (Lipinski definition) is 2. The predicted molar refractivity (Wildman–Crippen MR) is 74.1 cm³/mol. The van der Waals surface area contributed by atoms with Gasteiger partial charge >= 0.3 is 5.97 Å². The van der Waals surface area contributed by atoms with Gasteiger partial charge in [-0.1, -0.05) is 18.2 Å². The second-order valence-electron chi connectivity index (χ2n) is 4.11. The van der Waals surface area contributed by atoms with Gasteiger partial charge in [-0.2, -0.15) is 0 Å². The third kappa shape index (κ3) is 4.07. The number of amides is 1. The summed E-state index contributed by atoms with van der Waals surface area (Å²) in [5, 5.41) is 11.0. The highest BCUT2D eigenvalue weighted by molar-refractivity contribution is 8.01. The molecule has 1 rings (SSSR count). The molecule has 98 valence electrons. The molecule has 1 aromatic carbocycles. The van der Waals surface area contributed by atoms with Gasteiger partial charge in [0.05, 0.1) is 11.0 Å². The molecule has 0 spiro atoms. The molecule has 0 aromatic heterocycles. The van der Waals surface area contributed by atoms with E-state index in [0.717, 1.165) is 28.6 Å². The molecule has 0 aliphatic heterocycles. The quantitative estimate of drug-likeness (QED) is 0.860. The average molecular weight is 267 g/mol. The topological polar surface area (TPSA) is 66.4 Å². The lowest BCUT2D eigenvalue weighted by molar-refractivity contribution is -0.136. The van der Waals surface area contributed by atoms with Gasteiger partial charge in [-0.05, 0) is 31.9 Å². The zero-order valence-electron chi connectivity index (χ0n) is 10.7. The molecular formula is C13H17NO3S. The molecule has 0 radical (unpaired) electrons. The lowest BCUT2D eigenvalue weighted by Crippen LogP contribution is -2.20. The van der Waals surface area contributed by atoms with E-state index in [9.17, 15) is 9.59 Å². The van der Waals surface area contributed by atoms with E-state index in [-0.39, 0.29) is 11.7 Å². The van der Waals surface area contributed by atoms with Gasteiger partial charge in [0.25, 0.3) is 0 Å². The first-order valence-corrected chi connectivity index (χ1v) is 6.67. The molecule has 1 amide bonds. The number of aryl methyl sites for hydroxylation is 2. The number of benzene rings is 1. The summed E-state index contributed by atoms with van der Waals surface area (Å²) in [4.78, 5) is 22.3. The maximum atomic E-state index is 11.7. The summed E-state index contributed by atoms with van der Waals surface area (Å²) >= 11 is 1.11. The number of carboxylic acids is 1. The van der Waals surface area contributed by atoms with Crippen LogP contribution >= 0.6 is 11.8 Å². The molecule has 0 saturated carbocycles. The van der Waals surface area contributed by atoms with Gasteiger partial charge < -0.3 is 10.4 Å². The van der Waals surface area contributed by atoms with Crippen molar-refractivity contribution < 1.29 is 14.7 Å². The molecule has 5 heteroatoms. The van der Waals surface area contributed by atoms with Crippen molar-refractivity contribution in [3.05, 3.63) is 29.3 Å². The predicted octanol–water partition coefficient (Wildman–Crippen LogP) is 2.45. The van der Waals surface area contributed by atoms with E-state index in [2.05, 4.69) is 5.32 Å². The Kier molecular flexibility index (Phi) is 5.22. The number of rotatable bonds is 5. The summed E-state index contributed by atoms with van der Waals surface area (Å²) in [5.74, 6) is -0.938. The van der Waals surface area contributed by atoms with Crippen LogP contribution in [-0.2, 0) is 9.59 Å². The first kappa shape index (κ1) is 14.6. The van der Waals surface area contributed by atoms with Crippen molar-refractivity contribution in [3.8, 4) is 0 Å². The van der Waals surface area contributed by atoms with Crippen LogP contribution in [0.3, 0.4) is 0 Å². The highest BCUT2D eigenvalue weighted by atomic mass is 32.2. The molecule has 0 saturated heterocycles. The third-order valence-electron chi connectivity index (χ3n) is 2.56. The summed E-state index contributed by atoms with van der Waals surface area (Å²) in [6.07, 6.45) is 0. The van der Waals surface area contributed by atoms with Crippen LogP contribution < -0.4 is 5.32 Å². The lowest BCUT2D eigenvalue weighted by Gasteiger charge is -2.12. The molecule has 2 N–H and O–H groups in total. The Hall–Kier alpha value is -1.49. The Labute approximate surface area is 111 Å². The average Bonchev–Trinajstić information content (AvgIpc) is 2.30. The number of carboxylic acid groups (broad SMARTS) is 1. The number of carbonyl (C=O) groups excluding carboxylic acids is 1. The number of aliphatic carboxylic acids is 1. The van der Waals surface area contributed by atoms with Crippen molar-refractivity contribution in [3.63, 3.8) is 0 Å². The van der Waals surface area contributed by atoms with Gasteiger partial charge in [0.2, 0.25) is 5.91 Å². The zero-order valence-corrected chi connectivity index (χ0v) is 11.5. The largest absolute Gasteiger partial charge is 0.480 e. The maximum Gasteiger partial charge on any atom is 0.316 e. The molecule has 4 nitrogen and oxygen atoms in total. The van der Waals surface area contributed by atoms with Crippen molar-refractivity contribution in [1.29, 1.82) is 0 Å². The SMILES string of the molecule is Cc1cccc(C)c1NC(=O)CSC(C)C(=O)O. The van der Waals surface area contributed by atoms with Gasteiger partial charge in [0, 0.05) is 5.69 Å². The third-order valence-corrected chi connectivity index (χ3v) is 3.69. The second-order valence-corrected chi connectivity index (χ2v) is 5.44. The van der Waals surface area contributed by atoms with Crippen molar-refractivity contribution in [2.75, 3.05) is 11.1 Å². The van der Waals surface area contributed by atoms with Crippen LogP contribution in [0.5, 0.6) is 0 Å². The van der Waals surface area contributed by atoms with Gasteiger partial charge in [-0.25, -0.2) is 0 Å². The summed E-state index contributed by atoms with van der Waals surface area (Å²) in [5.41, 5.74) is 2.81. The van der Waals surface area contributed by atoms with Crippen LogP contribution in [0.15, 0.2) is 18.2 Å². The van der Waals surface area contributed by atoms with E-state index in [1.54, 1.807) is 6.92 Å². The second kappa shape index (κ2) is 6.44. The van der Waals surface area contributed by atoms with E-state index in [1.807, 2.05) is 32.0 Å². The number of carbonyl (C=O) groups is 2. The molecule has 0 heterocycles. The first-order chi connectivity index (χ1) is 8.41. The lowest BCUT2D eigenvalue weighted by atomic mass is 10.1. The number of thioether (sulfide) groups is 1. The van der Waals surface area contributed by atoms with Crippen molar-refractivity contribution in [2.45, 2.75) is 26.0 Å². The van der Waals surface area contributed by atoms with Crippen molar-refractivity contribution >= 4 is 29.3 Å². The summed E-state index contributed by atoms with van der Waals surface area (Å²) in [6, 6.07) is 5.78. The van der Waals surface area contributed by atoms with E-state index < -0.39 is 11.2 Å². The minimum atomic E-state index is -0.903. The number of para-hydroxylation sites is 1. The maximum absolute atomic E-state index is 11.7. The van der Waals surface area contributed by atoms with Gasteiger partial charge in [-0.3, -0.25) is 9.59 Å². The van der Waals surface area contributed by atoms with Crippen LogP contribution in [-0.4, -0.2) is 28.0 Å². The Morgan fingerprint density at radius 2 is 1.89 bits per heavy atom. The van der Waals surface area contributed by atoms with Gasteiger partial charge in [0.15, 0.2) is 0 Å². The van der Waals surface area contributed by atoms with Crippen LogP contribution in [0.1, 0.15) is 18.1 Å². The van der Waals surface area contributed by atoms with Crippen molar-refractivity contribution in [2.24, 2.45) is 0 Å². The minimum absolute atomic E-state index is 0.140. The molecule has 18 heavy (non-hydrogen) atoms. The number of anilines is 1. The normalized spacial score (nSPS) is 11.9. The fourth-order valence-electron chi connectivity index (χ4n) is 1.46. The summed E-state index contributed by atoms with van der Waals surface area (Å²) < 4.78 is 0. The van der Waals surface area contributed by atoms with Crippen LogP contribution in [0.25, 0.3) is 0 Å². The zero-order chi connectivity index (χ0) is 13.7. The van der Waals surface area contributed by atoms with E-state index in [4.69, 9.17) is 5.11 Å². The number of hydrogen-bond acceptors (Lipinski definition) is 3.